The lowest BCUT2D eigenvalue weighted by Gasteiger charge is -2.12. The van der Waals surface area contributed by atoms with E-state index in [4.69, 9.17) is 4.52 Å². The summed E-state index contributed by atoms with van der Waals surface area (Å²) in [7, 11) is 3.50. The molecule has 3 aromatic rings. The number of rotatable bonds is 6. The fraction of sp³-hybridized carbons (Fsp3) is 0.429. The summed E-state index contributed by atoms with van der Waals surface area (Å²) in [4.78, 5) is 30.5. The molecule has 1 aliphatic carbocycles. The van der Waals surface area contributed by atoms with Crippen LogP contribution >= 0.6 is 11.3 Å². The number of carbonyl (C=O) groups excluding carboxylic acids is 2. The minimum atomic E-state index is -0.221. The van der Waals surface area contributed by atoms with Crippen molar-refractivity contribution in [3.05, 3.63) is 41.3 Å². The molecule has 8 nitrogen and oxygen atoms in total. The monoisotopic (exact) mass is 427 g/mol. The predicted molar refractivity (Wildman–Crippen MR) is 116 cm³/mol. The van der Waals surface area contributed by atoms with Crippen molar-refractivity contribution in [1.29, 1.82) is 0 Å². The first-order chi connectivity index (χ1) is 14.4. The molecule has 1 aromatic carbocycles. The van der Waals surface area contributed by atoms with Crippen LogP contribution in [0.5, 0.6) is 0 Å². The van der Waals surface area contributed by atoms with Crippen molar-refractivity contribution in [3.63, 3.8) is 0 Å². The Hall–Kier alpha value is -2.94. The Kier molecular flexibility index (Phi) is 5.72. The molecule has 0 saturated heterocycles. The maximum atomic E-state index is 12.2. The van der Waals surface area contributed by atoms with Gasteiger partial charge in [-0.2, -0.15) is 0 Å². The highest BCUT2D eigenvalue weighted by Crippen LogP contribution is 2.32. The highest BCUT2D eigenvalue weighted by atomic mass is 32.1. The molecule has 2 aromatic heterocycles. The zero-order chi connectivity index (χ0) is 21.3. The van der Waals surface area contributed by atoms with E-state index in [1.807, 2.05) is 18.2 Å². The topological polar surface area (TPSA) is 100 Å². The maximum Gasteiger partial charge on any atom is 0.289 e. The van der Waals surface area contributed by atoms with Crippen molar-refractivity contribution in [2.45, 2.75) is 32.2 Å². The van der Waals surface area contributed by atoms with Gasteiger partial charge in [-0.25, -0.2) is 4.98 Å². The summed E-state index contributed by atoms with van der Waals surface area (Å²) in [6.07, 6.45) is 3.04. The summed E-state index contributed by atoms with van der Waals surface area (Å²) >= 11 is 1.56. The highest BCUT2D eigenvalue weighted by Gasteiger charge is 2.26. The number of nitrogens with zero attached hydrogens (tertiary/aromatic N) is 3. The minimum Gasteiger partial charge on any atom is -0.359 e. The highest BCUT2D eigenvalue weighted by molar-refractivity contribution is 7.22. The Bertz CT molecular complexity index is 1070. The van der Waals surface area contributed by atoms with Gasteiger partial charge < -0.3 is 20.1 Å². The molecule has 0 spiro atoms. The number of fused-ring (bicyclic) bond motifs is 1. The minimum absolute atomic E-state index is 0.0130. The molecule has 1 fully saturated rings. The number of hydrogen-bond donors (Lipinski definition) is 2. The van der Waals surface area contributed by atoms with Crippen molar-refractivity contribution in [2.75, 3.05) is 26.0 Å². The van der Waals surface area contributed by atoms with E-state index in [1.165, 1.54) is 0 Å². The van der Waals surface area contributed by atoms with Crippen LogP contribution in [0.25, 0.3) is 10.2 Å². The zero-order valence-corrected chi connectivity index (χ0v) is 18.1. The lowest BCUT2D eigenvalue weighted by molar-refractivity contribution is 0.0827. The van der Waals surface area contributed by atoms with Crippen LogP contribution in [0, 0.1) is 12.8 Å². The maximum absolute atomic E-state index is 12.2. The Balaban J connectivity index is 1.32. The number of aromatic nitrogens is 2. The predicted octanol–water partition coefficient (Wildman–Crippen LogP) is 3.31. The van der Waals surface area contributed by atoms with E-state index in [0.29, 0.717) is 29.8 Å². The van der Waals surface area contributed by atoms with E-state index in [9.17, 15) is 9.59 Å². The molecule has 0 radical (unpaired) electrons. The molecule has 4 rings (SSSR count). The first kappa shape index (κ1) is 20.3. The van der Waals surface area contributed by atoms with Gasteiger partial charge >= 0.3 is 0 Å². The van der Waals surface area contributed by atoms with Crippen LogP contribution in [0.3, 0.4) is 0 Å². The molecule has 30 heavy (non-hydrogen) atoms. The van der Waals surface area contributed by atoms with Gasteiger partial charge in [0, 0.05) is 38.3 Å². The fourth-order valence-electron chi connectivity index (χ4n) is 3.74. The van der Waals surface area contributed by atoms with Crippen molar-refractivity contribution in [3.8, 4) is 0 Å². The number of hydrogen-bond acceptors (Lipinski definition) is 7. The normalized spacial score (nSPS) is 18.5. The molecule has 1 aliphatic rings. The Labute approximate surface area is 178 Å². The number of amides is 2. The van der Waals surface area contributed by atoms with E-state index in [0.717, 1.165) is 34.6 Å². The van der Waals surface area contributed by atoms with Crippen LogP contribution in [0.4, 0.5) is 5.13 Å². The summed E-state index contributed by atoms with van der Waals surface area (Å²) in [6, 6.07) is 7.57. The van der Waals surface area contributed by atoms with E-state index >= 15 is 0 Å². The van der Waals surface area contributed by atoms with Crippen LogP contribution in [0.2, 0.25) is 0 Å². The first-order valence-corrected chi connectivity index (χ1v) is 10.8. The molecule has 0 aliphatic heterocycles. The molecule has 2 N–H and O–H groups in total. The molecule has 158 valence electrons. The van der Waals surface area contributed by atoms with Crippen molar-refractivity contribution < 1.29 is 14.1 Å². The largest absolute Gasteiger partial charge is 0.359 e. The van der Waals surface area contributed by atoms with Gasteiger partial charge in [0.25, 0.3) is 11.8 Å². The quantitative estimate of drug-likeness (QED) is 0.626. The number of carbonyl (C=O) groups is 2. The Morgan fingerprint density at radius 1 is 1.27 bits per heavy atom. The van der Waals surface area contributed by atoms with Gasteiger partial charge in [0.15, 0.2) is 5.13 Å². The molecular weight excluding hydrogens is 402 g/mol. The van der Waals surface area contributed by atoms with Crippen LogP contribution in [0.1, 0.15) is 45.9 Å². The van der Waals surface area contributed by atoms with Crippen molar-refractivity contribution in [1.82, 2.24) is 20.4 Å². The van der Waals surface area contributed by atoms with Crippen LogP contribution < -0.4 is 10.6 Å². The summed E-state index contributed by atoms with van der Waals surface area (Å²) in [5.41, 5.74) is 2.25. The van der Waals surface area contributed by atoms with E-state index in [-0.39, 0.29) is 17.6 Å². The van der Waals surface area contributed by atoms with Crippen LogP contribution in [0.15, 0.2) is 28.8 Å². The number of nitrogens with one attached hydrogen (secondary N) is 2. The second-order valence-corrected chi connectivity index (χ2v) is 8.99. The first-order valence-electron chi connectivity index (χ1n) is 9.99. The average molecular weight is 428 g/mol. The van der Waals surface area contributed by atoms with Gasteiger partial charge in [0.1, 0.15) is 0 Å². The van der Waals surface area contributed by atoms with Gasteiger partial charge in [-0.1, -0.05) is 16.5 Å². The standard InChI is InChI=1S/C21H25N5O3S/c1-12-8-17(29-25-12)19(27)22-11-13-4-6-15(9-13)23-21-24-16-7-5-14(10-18(16)30-21)20(28)26(2)3/h5,7-8,10,13,15H,4,6,9,11H2,1-3H3,(H,22,27)(H,23,24)/t13-,15+/m0/s1. The molecule has 2 amide bonds. The van der Waals surface area contributed by atoms with Gasteiger partial charge in [0.05, 0.1) is 15.9 Å². The Morgan fingerprint density at radius 3 is 2.83 bits per heavy atom. The number of thiazole rings is 1. The molecule has 1 saturated carbocycles. The third-order valence-corrected chi connectivity index (χ3v) is 6.26. The SMILES string of the molecule is Cc1cc(C(=O)NC[C@H]2CC[C@@H](Nc3nc4ccc(C(=O)N(C)C)cc4s3)C2)on1. The summed E-state index contributed by atoms with van der Waals surface area (Å²) in [6.45, 7) is 2.41. The van der Waals surface area contributed by atoms with Gasteiger partial charge in [-0.05, 0) is 50.3 Å². The van der Waals surface area contributed by atoms with Crippen LogP contribution in [-0.4, -0.2) is 53.5 Å². The van der Waals surface area contributed by atoms with Crippen LogP contribution in [-0.2, 0) is 0 Å². The van der Waals surface area contributed by atoms with Gasteiger partial charge in [-0.3, -0.25) is 9.59 Å². The number of anilines is 1. The van der Waals surface area contributed by atoms with Crippen molar-refractivity contribution >= 4 is 38.5 Å². The summed E-state index contributed by atoms with van der Waals surface area (Å²) in [5, 5.41) is 11.1. The molecule has 9 heteroatoms. The van der Waals surface area contributed by atoms with Gasteiger partial charge in [0.2, 0.25) is 5.76 Å². The molecule has 2 heterocycles. The molecule has 2 atom stereocenters. The lowest BCUT2D eigenvalue weighted by Crippen LogP contribution is -2.28. The second-order valence-electron chi connectivity index (χ2n) is 7.96. The average Bonchev–Trinajstić information content (AvgIpc) is 3.44. The third-order valence-electron chi connectivity index (χ3n) is 5.31. The van der Waals surface area contributed by atoms with E-state index < -0.39 is 0 Å². The van der Waals surface area contributed by atoms with E-state index in [2.05, 4.69) is 20.8 Å². The summed E-state index contributed by atoms with van der Waals surface area (Å²) in [5.74, 6) is 0.429. The second kappa shape index (κ2) is 8.43. The van der Waals surface area contributed by atoms with Gasteiger partial charge in [-0.15, -0.1) is 0 Å². The number of aryl methyl sites for hydroxylation is 1. The zero-order valence-electron chi connectivity index (χ0n) is 17.3. The molecule has 0 bridgehead atoms. The third kappa shape index (κ3) is 4.46. The smallest absolute Gasteiger partial charge is 0.289 e. The fourth-order valence-corrected chi connectivity index (χ4v) is 4.72. The Morgan fingerprint density at radius 2 is 2.10 bits per heavy atom. The number of benzene rings is 1. The summed E-state index contributed by atoms with van der Waals surface area (Å²) < 4.78 is 6.00. The molecule has 0 unspecified atom stereocenters. The lowest BCUT2D eigenvalue weighted by atomic mass is 10.1. The van der Waals surface area contributed by atoms with E-state index in [1.54, 1.807) is 43.3 Å². The van der Waals surface area contributed by atoms with Crippen molar-refractivity contribution in [2.24, 2.45) is 5.92 Å². The molecular formula is C21H25N5O3S.